The van der Waals surface area contributed by atoms with Crippen molar-refractivity contribution in [1.29, 1.82) is 0 Å². The first-order chi connectivity index (χ1) is 14.2. The molecule has 1 aromatic carbocycles. The lowest BCUT2D eigenvalue weighted by Gasteiger charge is -2.28. The van der Waals surface area contributed by atoms with Crippen LogP contribution in [0.3, 0.4) is 0 Å². The van der Waals surface area contributed by atoms with E-state index in [0.29, 0.717) is 18.6 Å². The zero-order valence-electron chi connectivity index (χ0n) is 18.6. The van der Waals surface area contributed by atoms with Gasteiger partial charge in [0.25, 0.3) is 0 Å². The summed E-state index contributed by atoms with van der Waals surface area (Å²) < 4.78 is 0. The molecular weight excluding hydrogens is 380 g/mol. The molecule has 0 spiro atoms. The maximum absolute atomic E-state index is 12.1. The van der Waals surface area contributed by atoms with Crippen molar-refractivity contribution >= 4 is 17.7 Å². The summed E-state index contributed by atoms with van der Waals surface area (Å²) >= 11 is 0. The smallest absolute Gasteiger partial charge is 0.304 e. The van der Waals surface area contributed by atoms with Gasteiger partial charge in [0.05, 0.1) is 6.42 Å². The number of carbonyl (C=O) groups is 3. The third-order valence-corrected chi connectivity index (χ3v) is 5.87. The summed E-state index contributed by atoms with van der Waals surface area (Å²) in [5.41, 5.74) is 0.677. The summed E-state index contributed by atoms with van der Waals surface area (Å²) in [6, 6.07) is 9.82. The SMILES string of the molecule is CC(CCCCCC(=O)CCCCCC(C)(CC(=O)O)c1ccccc1)CC(=O)O. The second kappa shape index (κ2) is 13.9. The molecule has 2 unspecified atom stereocenters. The number of carboxylic acids is 2. The van der Waals surface area contributed by atoms with Gasteiger partial charge in [-0.2, -0.15) is 0 Å². The molecule has 0 aliphatic carbocycles. The Bertz CT molecular complexity index is 655. The van der Waals surface area contributed by atoms with Crippen molar-refractivity contribution in [3.05, 3.63) is 35.9 Å². The first-order valence-corrected chi connectivity index (χ1v) is 11.2. The zero-order chi connectivity index (χ0) is 22.4. The van der Waals surface area contributed by atoms with E-state index in [1.54, 1.807) is 0 Å². The molecule has 5 nitrogen and oxygen atoms in total. The third kappa shape index (κ3) is 11.1. The van der Waals surface area contributed by atoms with Crippen LogP contribution in [0, 0.1) is 5.92 Å². The van der Waals surface area contributed by atoms with E-state index in [-0.39, 0.29) is 24.2 Å². The number of benzene rings is 1. The van der Waals surface area contributed by atoms with Crippen LogP contribution in [0.15, 0.2) is 30.3 Å². The molecule has 1 aromatic rings. The molecule has 0 fully saturated rings. The molecule has 0 aliphatic rings. The van der Waals surface area contributed by atoms with Crippen molar-refractivity contribution in [2.24, 2.45) is 5.92 Å². The Kier molecular flexibility index (Phi) is 12.0. The van der Waals surface area contributed by atoms with Crippen LogP contribution < -0.4 is 0 Å². The van der Waals surface area contributed by atoms with Gasteiger partial charge in [-0.25, -0.2) is 0 Å². The molecule has 1 rings (SSSR count). The number of hydrogen-bond donors (Lipinski definition) is 2. The Balaban J connectivity index is 2.20. The lowest BCUT2D eigenvalue weighted by atomic mass is 9.75. The van der Waals surface area contributed by atoms with Crippen molar-refractivity contribution in [2.75, 3.05) is 0 Å². The van der Waals surface area contributed by atoms with Crippen molar-refractivity contribution in [3.63, 3.8) is 0 Å². The van der Waals surface area contributed by atoms with Crippen molar-refractivity contribution in [2.45, 2.75) is 96.3 Å². The van der Waals surface area contributed by atoms with Gasteiger partial charge in [0.1, 0.15) is 5.78 Å². The molecule has 0 saturated heterocycles. The van der Waals surface area contributed by atoms with E-state index in [4.69, 9.17) is 5.11 Å². The fourth-order valence-electron chi connectivity index (χ4n) is 4.04. The Morgan fingerprint density at radius 2 is 1.47 bits per heavy atom. The minimum atomic E-state index is -0.783. The standard InChI is InChI=1S/C25H38O5/c1-20(18-23(27)28)12-6-3-9-15-22(26)16-10-5-11-17-25(2,19-24(29)30)21-13-7-4-8-14-21/h4,7-8,13-14,20H,3,5-6,9-12,15-19H2,1-2H3,(H,27,28)(H,29,30). The number of carboxylic acid groups (broad SMARTS) is 2. The summed E-state index contributed by atoms with van der Waals surface area (Å²) in [4.78, 5) is 34.0. The van der Waals surface area contributed by atoms with E-state index in [1.807, 2.05) is 44.2 Å². The van der Waals surface area contributed by atoms with Crippen LogP contribution in [0.1, 0.15) is 96.5 Å². The van der Waals surface area contributed by atoms with Crippen LogP contribution in [0.2, 0.25) is 0 Å². The van der Waals surface area contributed by atoms with Gasteiger partial charge in [-0.05, 0) is 30.7 Å². The second-order valence-electron chi connectivity index (χ2n) is 8.90. The van der Waals surface area contributed by atoms with Gasteiger partial charge in [0.2, 0.25) is 0 Å². The largest absolute Gasteiger partial charge is 0.481 e. The molecule has 0 aliphatic heterocycles. The molecule has 2 atom stereocenters. The number of aliphatic carboxylic acids is 2. The van der Waals surface area contributed by atoms with Crippen LogP contribution in [0.5, 0.6) is 0 Å². The topological polar surface area (TPSA) is 91.7 Å². The summed E-state index contributed by atoms with van der Waals surface area (Å²) in [6.07, 6.45) is 8.75. The summed E-state index contributed by atoms with van der Waals surface area (Å²) in [5.74, 6) is -1.04. The first-order valence-electron chi connectivity index (χ1n) is 11.2. The van der Waals surface area contributed by atoms with Crippen LogP contribution in [-0.4, -0.2) is 27.9 Å². The summed E-state index contributed by atoms with van der Waals surface area (Å²) in [7, 11) is 0. The van der Waals surface area contributed by atoms with Crippen LogP contribution in [0.4, 0.5) is 0 Å². The molecule has 5 heteroatoms. The highest BCUT2D eigenvalue weighted by atomic mass is 16.4. The minimum Gasteiger partial charge on any atom is -0.481 e. The fraction of sp³-hybridized carbons (Fsp3) is 0.640. The number of hydrogen-bond acceptors (Lipinski definition) is 3. The van der Waals surface area contributed by atoms with E-state index in [9.17, 15) is 19.5 Å². The van der Waals surface area contributed by atoms with Crippen molar-refractivity contribution < 1.29 is 24.6 Å². The van der Waals surface area contributed by atoms with E-state index in [1.165, 1.54) is 0 Å². The average Bonchev–Trinajstić information content (AvgIpc) is 2.67. The Morgan fingerprint density at radius 3 is 2.03 bits per heavy atom. The maximum Gasteiger partial charge on any atom is 0.304 e. The molecule has 0 saturated carbocycles. The molecule has 168 valence electrons. The lowest BCUT2D eigenvalue weighted by Crippen LogP contribution is -2.25. The van der Waals surface area contributed by atoms with Crippen LogP contribution in [-0.2, 0) is 19.8 Å². The van der Waals surface area contributed by atoms with E-state index < -0.39 is 11.9 Å². The summed E-state index contributed by atoms with van der Waals surface area (Å²) in [6.45, 7) is 3.97. The molecular formula is C25H38O5. The monoisotopic (exact) mass is 418 g/mol. The Labute approximate surface area is 180 Å². The van der Waals surface area contributed by atoms with Gasteiger partial charge < -0.3 is 10.2 Å². The lowest BCUT2D eigenvalue weighted by molar-refractivity contribution is -0.139. The molecule has 0 aromatic heterocycles. The number of rotatable bonds is 17. The van der Waals surface area contributed by atoms with Gasteiger partial charge in [-0.15, -0.1) is 0 Å². The highest BCUT2D eigenvalue weighted by Gasteiger charge is 2.28. The number of ketones is 1. The van der Waals surface area contributed by atoms with Gasteiger partial charge in [-0.3, -0.25) is 14.4 Å². The minimum absolute atomic E-state index is 0.112. The average molecular weight is 419 g/mol. The normalized spacial score (nSPS) is 14.1. The Morgan fingerprint density at radius 1 is 0.867 bits per heavy atom. The maximum atomic E-state index is 12.1. The second-order valence-corrected chi connectivity index (χ2v) is 8.90. The quantitative estimate of drug-likeness (QED) is 0.303. The van der Waals surface area contributed by atoms with Crippen molar-refractivity contribution in [3.8, 4) is 0 Å². The van der Waals surface area contributed by atoms with Crippen molar-refractivity contribution in [1.82, 2.24) is 0 Å². The first kappa shape index (κ1) is 25.9. The predicted octanol–water partition coefficient (Wildman–Crippen LogP) is 6.00. The predicted molar refractivity (Wildman–Crippen MR) is 119 cm³/mol. The van der Waals surface area contributed by atoms with E-state index in [2.05, 4.69) is 0 Å². The van der Waals surface area contributed by atoms with Crippen LogP contribution >= 0.6 is 0 Å². The van der Waals surface area contributed by atoms with E-state index >= 15 is 0 Å². The molecule has 0 heterocycles. The molecule has 0 radical (unpaired) electrons. The fourth-order valence-corrected chi connectivity index (χ4v) is 4.04. The molecule has 30 heavy (non-hydrogen) atoms. The van der Waals surface area contributed by atoms with Gasteiger partial charge in [0, 0.05) is 24.7 Å². The molecule has 0 amide bonds. The molecule has 0 bridgehead atoms. The zero-order valence-corrected chi connectivity index (χ0v) is 18.6. The highest BCUT2D eigenvalue weighted by Crippen LogP contribution is 2.33. The van der Waals surface area contributed by atoms with Gasteiger partial charge >= 0.3 is 11.9 Å². The highest BCUT2D eigenvalue weighted by molar-refractivity contribution is 5.78. The van der Waals surface area contributed by atoms with E-state index in [0.717, 1.165) is 56.9 Å². The number of unbranched alkanes of at least 4 members (excludes halogenated alkanes) is 4. The number of carbonyl (C=O) groups excluding carboxylic acids is 1. The molecule has 2 N–H and O–H groups in total. The third-order valence-electron chi connectivity index (χ3n) is 5.87. The van der Waals surface area contributed by atoms with Crippen LogP contribution in [0.25, 0.3) is 0 Å². The summed E-state index contributed by atoms with van der Waals surface area (Å²) in [5, 5.41) is 18.1. The van der Waals surface area contributed by atoms with Gasteiger partial charge in [-0.1, -0.05) is 76.3 Å². The number of Topliss-reactive ketones (excluding diaryl/α,β-unsaturated/α-hetero) is 1. The Hall–Kier alpha value is -2.17. The van der Waals surface area contributed by atoms with Gasteiger partial charge in [0.15, 0.2) is 0 Å².